The van der Waals surface area contributed by atoms with Gasteiger partial charge in [0.25, 0.3) is 0 Å². The van der Waals surface area contributed by atoms with Gasteiger partial charge in [-0.25, -0.2) is 9.97 Å². The van der Waals surface area contributed by atoms with E-state index in [2.05, 4.69) is 21.4 Å². The van der Waals surface area contributed by atoms with Crippen LogP contribution in [0.3, 0.4) is 0 Å². The Morgan fingerprint density at radius 3 is 2.69 bits per heavy atom. The van der Waals surface area contributed by atoms with E-state index in [-0.39, 0.29) is 0 Å². The Morgan fingerprint density at radius 1 is 1.25 bits per heavy atom. The summed E-state index contributed by atoms with van der Waals surface area (Å²) in [7, 11) is 0. The molecule has 0 bridgehead atoms. The number of benzene rings is 1. The Morgan fingerprint density at radius 2 is 2.00 bits per heavy atom. The lowest BCUT2D eigenvalue weighted by Gasteiger charge is -2.07. The summed E-state index contributed by atoms with van der Waals surface area (Å²) in [6.07, 6.45) is 4.79. The molecule has 0 aliphatic carbocycles. The molecule has 0 saturated carbocycles. The van der Waals surface area contributed by atoms with Crippen molar-refractivity contribution >= 4 is 11.4 Å². The number of nitriles is 1. The lowest BCUT2D eigenvalue weighted by atomic mass is 10.1. The van der Waals surface area contributed by atoms with E-state index >= 15 is 0 Å². The van der Waals surface area contributed by atoms with Crippen LogP contribution in [0.15, 0.2) is 36.9 Å². The maximum absolute atomic E-state index is 9.00. The Labute approximate surface area is 93.6 Å². The van der Waals surface area contributed by atoms with Gasteiger partial charge >= 0.3 is 0 Å². The largest absolute Gasteiger partial charge is 0.352 e. The number of rotatable bonds is 2. The van der Waals surface area contributed by atoms with E-state index in [0.29, 0.717) is 5.56 Å². The van der Waals surface area contributed by atoms with Gasteiger partial charge in [-0.05, 0) is 24.6 Å². The summed E-state index contributed by atoms with van der Waals surface area (Å²) in [5.74, 6) is 0. The lowest BCUT2D eigenvalue weighted by molar-refractivity contribution is 1.17. The summed E-state index contributed by atoms with van der Waals surface area (Å²) in [6, 6.07) is 7.82. The average molecular weight is 210 g/mol. The van der Waals surface area contributed by atoms with Crippen LogP contribution in [-0.2, 0) is 0 Å². The molecule has 0 atom stereocenters. The fourth-order valence-corrected chi connectivity index (χ4v) is 1.38. The molecule has 1 heterocycles. The Bertz CT molecular complexity index is 528. The van der Waals surface area contributed by atoms with Crippen molar-refractivity contribution in [2.24, 2.45) is 0 Å². The van der Waals surface area contributed by atoms with Gasteiger partial charge in [0.05, 0.1) is 29.3 Å². The molecule has 0 radical (unpaired) electrons. The molecule has 4 nitrogen and oxygen atoms in total. The van der Waals surface area contributed by atoms with Crippen LogP contribution in [0, 0.1) is 18.3 Å². The lowest BCUT2D eigenvalue weighted by Crippen LogP contribution is -1.95. The van der Waals surface area contributed by atoms with E-state index in [4.69, 9.17) is 5.26 Å². The van der Waals surface area contributed by atoms with Gasteiger partial charge in [-0.15, -0.1) is 0 Å². The number of hydrogen-bond acceptors (Lipinski definition) is 4. The fourth-order valence-electron chi connectivity index (χ4n) is 1.38. The minimum atomic E-state index is 0.615. The first kappa shape index (κ1) is 10.1. The second-order valence-electron chi connectivity index (χ2n) is 3.41. The molecule has 16 heavy (non-hydrogen) atoms. The molecule has 2 aromatic rings. The van der Waals surface area contributed by atoms with E-state index in [1.807, 2.05) is 25.1 Å². The van der Waals surface area contributed by atoms with Gasteiger partial charge in [-0.2, -0.15) is 5.26 Å². The fraction of sp³-hybridized carbons (Fsp3) is 0.0833. The first-order valence-electron chi connectivity index (χ1n) is 4.82. The van der Waals surface area contributed by atoms with Crippen molar-refractivity contribution < 1.29 is 0 Å². The maximum Gasteiger partial charge on any atom is 0.115 e. The minimum absolute atomic E-state index is 0.615. The molecule has 4 heteroatoms. The van der Waals surface area contributed by atoms with E-state index in [1.54, 1.807) is 12.4 Å². The molecule has 1 aromatic carbocycles. The van der Waals surface area contributed by atoms with Crippen LogP contribution in [0.2, 0.25) is 0 Å². The Kier molecular flexibility index (Phi) is 2.79. The Balaban J connectivity index is 2.32. The highest BCUT2D eigenvalue weighted by molar-refractivity contribution is 5.65. The third kappa shape index (κ3) is 2.15. The van der Waals surface area contributed by atoms with E-state index in [0.717, 1.165) is 16.9 Å². The molecule has 0 amide bonds. The van der Waals surface area contributed by atoms with Gasteiger partial charge in [0.1, 0.15) is 12.4 Å². The molecule has 1 N–H and O–H groups in total. The van der Waals surface area contributed by atoms with E-state index < -0.39 is 0 Å². The molecule has 78 valence electrons. The van der Waals surface area contributed by atoms with Crippen LogP contribution in [0.4, 0.5) is 11.4 Å². The van der Waals surface area contributed by atoms with Crippen LogP contribution in [0.1, 0.15) is 11.1 Å². The van der Waals surface area contributed by atoms with Crippen molar-refractivity contribution in [3.8, 4) is 6.07 Å². The number of nitrogens with zero attached hydrogens (tertiary/aromatic N) is 3. The van der Waals surface area contributed by atoms with Crippen LogP contribution in [0.25, 0.3) is 0 Å². The van der Waals surface area contributed by atoms with Gasteiger partial charge in [-0.1, -0.05) is 6.07 Å². The molecular weight excluding hydrogens is 200 g/mol. The average Bonchev–Trinajstić information content (AvgIpc) is 2.33. The van der Waals surface area contributed by atoms with Crippen molar-refractivity contribution in [1.82, 2.24) is 9.97 Å². The summed E-state index contributed by atoms with van der Waals surface area (Å²) >= 11 is 0. The number of hydrogen-bond donors (Lipinski definition) is 1. The third-order valence-electron chi connectivity index (χ3n) is 2.14. The smallest absolute Gasteiger partial charge is 0.115 e. The number of aryl methyl sites for hydroxylation is 1. The second kappa shape index (κ2) is 4.41. The molecular formula is C12H10N4. The quantitative estimate of drug-likeness (QED) is 0.826. The highest BCUT2D eigenvalue weighted by Gasteiger charge is 2.02. The highest BCUT2D eigenvalue weighted by Crippen LogP contribution is 2.20. The monoisotopic (exact) mass is 210 g/mol. The molecule has 1 aromatic heterocycles. The summed E-state index contributed by atoms with van der Waals surface area (Å²) in [5, 5.41) is 12.1. The predicted octanol–water partition coefficient (Wildman–Crippen LogP) is 2.40. The maximum atomic E-state index is 9.00. The summed E-state index contributed by atoms with van der Waals surface area (Å²) in [6.45, 7) is 1.95. The first-order valence-corrected chi connectivity index (χ1v) is 4.82. The number of anilines is 2. The predicted molar refractivity (Wildman–Crippen MR) is 61.2 cm³/mol. The van der Waals surface area contributed by atoms with Crippen LogP contribution < -0.4 is 5.32 Å². The van der Waals surface area contributed by atoms with Crippen LogP contribution in [-0.4, -0.2) is 9.97 Å². The Hall–Kier alpha value is -2.41. The summed E-state index contributed by atoms with van der Waals surface area (Å²) < 4.78 is 0. The van der Waals surface area contributed by atoms with Gasteiger partial charge < -0.3 is 5.32 Å². The SMILES string of the molecule is Cc1ccc(Nc2cncnc2)c(C#N)c1. The summed E-state index contributed by atoms with van der Waals surface area (Å²) in [5.41, 5.74) is 3.21. The first-order chi connectivity index (χ1) is 7.79. The molecule has 0 spiro atoms. The molecule has 0 saturated heterocycles. The zero-order valence-electron chi connectivity index (χ0n) is 8.81. The van der Waals surface area contributed by atoms with Crippen molar-refractivity contribution in [1.29, 1.82) is 5.26 Å². The normalized spacial score (nSPS) is 9.50. The van der Waals surface area contributed by atoms with E-state index in [1.165, 1.54) is 6.33 Å². The zero-order chi connectivity index (χ0) is 11.4. The third-order valence-corrected chi connectivity index (χ3v) is 2.14. The van der Waals surface area contributed by atoms with Crippen LogP contribution in [0.5, 0.6) is 0 Å². The van der Waals surface area contributed by atoms with Gasteiger partial charge in [0.15, 0.2) is 0 Å². The zero-order valence-corrected chi connectivity index (χ0v) is 8.81. The second-order valence-corrected chi connectivity index (χ2v) is 3.41. The van der Waals surface area contributed by atoms with Crippen molar-refractivity contribution in [2.75, 3.05) is 5.32 Å². The van der Waals surface area contributed by atoms with Crippen molar-refractivity contribution in [3.05, 3.63) is 48.0 Å². The molecule has 2 rings (SSSR count). The topological polar surface area (TPSA) is 61.6 Å². The molecule has 0 aliphatic heterocycles. The van der Waals surface area contributed by atoms with Crippen molar-refractivity contribution in [2.45, 2.75) is 6.92 Å². The van der Waals surface area contributed by atoms with Gasteiger partial charge in [-0.3, -0.25) is 0 Å². The van der Waals surface area contributed by atoms with E-state index in [9.17, 15) is 0 Å². The standard InChI is InChI=1S/C12H10N4/c1-9-2-3-12(10(4-9)5-13)16-11-6-14-8-15-7-11/h2-4,6-8,16H,1H3. The molecule has 0 unspecified atom stereocenters. The minimum Gasteiger partial charge on any atom is -0.352 e. The van der Waals surface area contributed by atoms with Gasteiger partial charge in [0.2, 0.25) is 0 Å². The molecule has 0 aliphatic rings. The van der Waals surface area contributed by atoms with Gasteiger partial charge in [0, 0.05) is 0 Å². The highest BCUT2D eigenvalue weighted by atomic mass is 14.9. The van der Waals surface area contributed by atoms with Crippen molar-refractivity contribution in [3.63, 3.8) is 0 Å². The summed E-state index contributed by atoms with van der Waals surface area (Å²) in [4.78, 5) is 7.79. The number of aromatic nitrogens is 2. The van der Waals surface area contributed by atoms with Crippen LogP contribution >= 0.6 is 0 Å². The molecule has 0 fully saturated rings. The number of nitrogens with one attached hydrogen (secondary N) is 1.